The molecule has 1 aromatic rings. The molecule has 0 radical (unpaired) electrons. The minimum absolute atomic E-state index is 0.277. The topological polar surface area (TPSA) is 113 Å². The van der Waals surface area contributed by atoms with Gasteiger partial charge < -0.3 is 16.2 Å². The second-order valence-electron chi connectivity index (χ2n) is 4.68. The van der Waals surface area contributed by atoms with Crippen molar-refractivity contribution in [3.63, 3.8) is 0 Å². The molecule has 0 aromatic carbocycles. The summed E-state index contributed by atoms with van der Waals surface area (Å²) in [7, 11) is 1.62. The first-order valence-electron chi connectivity index (χ1n) is 5.47. The van der Waals surface area contributed by atoms with Crippen LogP contribution in [0.4, 0.5) is 4.79 Å². The van der Waals surface area contributed by atoms with Crippen LogP contribution in [-0.2, 0) is 11.8 Å². The van der Waals surface area contributed by atoms with Gasteiger partial charge in [0.15, 0.2) is 0 Å². The maximum absolute atomic E-state index is 11.4. The lowest BCUT2D eigenvalue weighted by Crippen LogP contribution is -2.36. The normalized spacial score (nSPS) is 13.1. The summed E-state index contributed by atoms with van der Waals surface area (Å²) in [5.74, 6) is -0.854. The van der Waals surface area contributed by atoms with E-state index in [1.807, 2.05) is 6.92 Å². The number of nitrogens with two attached hydrogens (primary N) is 2. The van der Waals surface area contributed by atoms with Gasteiger partial charge in [0, 0.05) is 18.5 Å². The minimum atomic E-state index is -0.864. The standard InChI is InChI=1S/C11H18N4O3/c1-6(11(2,3)18-10(13)17)7-5-14-15(4)8(7)9(12)16/h5-6H,1-4H3,(H2,12,16)(H2,13,17). The molecule has 7 heteroatoms. The van der Waals surface area contributed by atoms with Crippen LogP contribution in [0.3, 0.4) is 0 Å². The van der Waals surface area contributed by atoms with Gasteiger partial charge in [0.05, 0.1) is 6.20 Å². The molecule has 100 valence electrons. The predicted molar refractivity (Wildman–Crippen MR) is 64.9 cm³/mol. The molecule has 0 saturated heterocycles. The maximum Gasteiger partial charge on any atom is 0.405 e. The number of nitrogens with zero attached hydrogens (tertiary/aromatic N) is 2. The van der Waals surface area contributed by atoms with Crippen molar-refractivity contribution in [2.24, 2.45) is 18.5 Å². The van der Waals surface area contributed by atoms with Crippen LogP contribution in [0.5, 0.6) is 0 Å². The number of carbonyl (C=O) groups excluding carboxylic acids is 2. The van der Waals surface area contributed by atoms with Gasteiger partial charge in [0.1, 0.15) is 11.3 Å². The van der Waals surface area contributed by atoms with E-state index < -0.39 is 17.6 Å². The number of amides is 2. The molecule has 0 aliphatic carbocycles. The molecule has 1 unspecified atom stereocenters. The van der Waals surface area contributed by atoms with E-state index in [4.69, 9.17) is 16.2 Å². The second kappa shape index (κ2) is 4.67. The predicted octanol–water partition coefficient (Wildman–Crippen LogP) is 0.496. The molecule has 0 fully saturated rings. The Hall–Kier alpha value is -2.05. The smallest absolute Gasteiger partial charge is 0.405 e. The number of primary amides is 2. The minimum Gasteiger partial charge on any atom is -0.443 e. The first-order valence-corrected chi connectivity index (χ1v) is 5.47. The van der Waals surface area contributed by atoms with Crippen LogP contribution in [0.15, 0.2) is 6.20 Å². The van der Waals surface area contributed by atoms with Crippen molar-refractivity contribution in [1.82, 2.24) is 9.78 Å². The Labute approximate surface area is 105 Å². The van der Waals surface area contributed by atoms with Gasteiger partial charge in [0.2, 0.25) is 0 Å². The highest BCUT2D eigenvalue weighted by Crippen LogP contribution is 2.32. The molecule has 7 nitrogen and oxygen atoms in total. The van der Waals surface area contributed by atoms with Crippen LogP contribution < -0.4 is 11.5 Å². The summed E-state index contributed by atoms with van der Waals surface area (Å²) in [6, 6.07) is 0. The van der Waals surface area contributed by atoms with Gasteiger partial charge in [-0.25, -0.2) is 4.79 Å². The van der Waals surface area contributed by atoms with E-state index >= 15 is 0 Å². The summed E-state index contributed by atoms with van der Waals surface area (Å²) in [6.45, 7) is 5.23. The summed E-state index contributed by atoms with van der Waals surface area (Å²) >= 11 is 0. The lowest BCUT2D eigenvalue weighted by Gasteiger charge is -2.30. The molecule has 1 atom stereocenters. The first-order chi connectivity index (χ1) is 8.16. The average molecular weight is 254 g/mol. The summed E-state index contributed by atoms with van der Waals surface area (Å²) in [4.78, 5) is 22.2. The van der Waals surface area contributed by atoms with Gasteiger partial charge in [-0.2, -0.15) is 5.10 Å². The van der Waals surface area contributed by atoms with Crippen LogP contribution in [0.2, 0.25) is 0 Å². The fraction of sp³-hybridized carbons (Fsp3) is 0.545. The highest BCUT2D eigenvalue weighted by molar-refractivity contribution is 5.92. The summed E-state index contributed by atoms with van der Waals surface area (Å²) in [5.41, 5.74) is 10.4. The molecule has 4 N–H and O–H groups in total. The Morgan fingerprint density at radius 3 is 2.44 bits per heavy atom. The zero-order valence-corrected chi connectivity index (χ0v) is 10.9. The zero-order valence-electron chi connectivity index (χ0n) is 10.9. The van der Waals surface area contributed by atoms with Crippen molar-refractivity contribution < 1.29 is 14.3 Å². The number of aromatic nitrogens is 2. The van der Waals surface area contributed by atoms with E-state index in [-0.39, 0.29) is 5.92 Å². The SMILES string of the molecule is CC(c1cnn(C)c1C(N)=O)C(C)(C)OC(N)=O. The molecule has 1 rings (SSSR count). The van der Waals surface area contributed by atoms with Crippen LogP contribution >= 0.6 is 0 Å². The van der Waals surface area contributed by atoms with E-state index in [0.717, 1.165) is 0 Å². The molecule has 0 spiro atoms. The van der Waals surface area contributed by atoms with Crippen molar-refractivity contribution in [1.29, 1.82) is 0 Å². The Balaban J connectivity index is 3.14. The van der Waals surface area contributed by atoms with E-state index in [2.05, 4.69) is 5.10 Å². The van der Waals surface area contributed by atoms with E-state index in [0.29, 0.717) is 11.3 Å². The molecule has 1 heterocycles. The Morgan fingerprint density at radius 1 is 1.44 bits per heavy atom. The fourth-order valence-electron chi connectivity index (χ4n) is 1.80. The summed E-state index contributed by atoms with van der Waals surface area (Å²) in [5, 5.41) is 4.00. The molecule has 2 amide bonds. The van der Waals surface area contributed by atoms with Crippen molar-refractivity contribution in [3.8, 4) is 0 Å². The third-order valence-electron chi connectivity index (χ3n) is 3.07. The third-order valence-corrected chi connectivity index (χ3v) is 3.07. The number of aryl methyl sites for hydroxylation is 1. The van der Waals surface area contributed by atoms with E-state index in [1.165, 1.54) is 10.9 Å². The Bertz CT molecular complexity index is 479. The molecule has 0 aliphatic rings. The maximum atomic E-state index is 11.4. The Morgan fingerprint density at radius 2 is 2.00 bits per heavy atom. The van der Waals surface area contributed by atoms with Crippen molar-refractivity contribution in [2.45, 2.75) is 32.3 Å². The lowest BCUT2D eigenvalue weighted by atomic mass is 9.86. The van der Waals surface area contributed by atoms with Crippen LogP contribution in [-0.4, -0.2) is 27.4 Å². The molecule has 0 bridgehead atoms. The number of hydrogen-bond acceptors (Lipinski definition) is 4. The fourth-order valence-corrected chi connectivity index (χ4v) is 1.80. The number of carbonyl (C=O) groups is 2. The van der Waals surface area contributed by atoms with Gasteiger partial charge in [-0.1, -0.05) is 6.92 Å². The van der Waals surface area contributed by atoms with E-state index in [1.54, 1.807) is 20.9 Å². The van der Waals surface area contributed by atoms with Crippen molar-refractivity contribution >= 4 is 12.0 Å². The van der Waals surface area contributed by atoms with Crippen molar-refractivity contribution in [3.05, 3.63) is 17.5 Å². The molecule has 1 aromatic heterocycles. The van der Waals surface area contributed by atoms with Gasteiger partial charge in [-0.3, -0.25) is 9.48 Å². The number of hydrogen-bond donors (Lipinski definition) is 2. The van der Waals surface area contributed by atoms with Crippen molar-refractivity contribution in [2.75, 3.05) is 0 Å². The second-order valence-corrected chi connectivity index (χ2v) is 4.68. The van der Waals surface area contributed by atoms with Gasteiger partial charge in [0.25, 0.3) is 5.91 Å². The molecule has 0 aliphatic heterocycles. The quantitative estimate of drug-likeness (QED) is 0.814. The molecular formula is C11H18N4O3. The highest BCUT2D eigenvalue weighted by Gasteiger charge is 2.34. The number of rotatable bonds is 4. The zero-order chi connectivity index (χ0) is 14.1. The molecule has 0 saturated carbocycles. The summed E-state index contributed by atoms with van der Waals surface area (Å²) in [6.07, 6.45) is 0.674. The first kappa shape index (κ1) is 14.0. The van der Waals surface area contributed by atoms with Gasteiger partial charge in [-0.15, -0.1) is 0 Å². The summed E-state index contributed by atoms with van der Waals surface area (Å²) < 4.78 is 6.44. The van der Waals surface area contributed by atoms with Gasteiger partial charge >= 0.3 is 6.09 Å². The average Bonchev–Trinajstić information content (AvgIpc) is 2.56. The third kappa shape index (κ3) is 2.61. The highest BCUT2D eigenvalue weighted by atomic mass is 16.6. The monoisotopic (exact) mass is 254 g/mol. The van der Waals surface area contributed by atoms with Crippen LogP contribution in [0, 0.1) is 0 Å². The molecular weight excluding hydrogens is 236 g/mol. The van der Waals surface area contributed by atoms with Crippen LogP contribution in [0.25, 0.3) is 0 Å². The largest absolute Gasteiger partial charge is 0.443 e. The number of ether oxygens (including phenoxy) is 1. The lowest BCUT2D eigenvalue weighted by molar-refractivity contribution is 0.0280. The Kier molecular flexibility index (Phi) is 3.64. The van der Waals surface area contributed by atoms with Gasteiger partial charge in [-0.05, 0) is 13.8 Å². The molecule has 18 heavy (non-hydrogen) atoms. The van der Waals surface area contributed by atoms with Crippen LogP contribution in [0.1, 0.15) is 42.7 Å². The van der Waals surface area contributed by atoms with E-state index in [9.17, 15) is 9.59 Å².